The molecule has 0 fully saturated rings. The second-order valence-corrected chi connectivity index (χ2v) is 5.39. The van der Waals surface area contributed by atoms with Gasteiger partial charge in [0.2, 0.25) is 0 Å². The molecular formula is C13H13BrClN3. The van der Waals surface area contributed by atoms with E-state index < -0.39 is 0 Å². The minimum absolute atomic E-state index is 0.484. The summed E-state index contributed by atoms with van der Waals surface area (Å²) in [4.78, 5) is 8.50. The molecule has 0 aliphatic heterocycles. The maximum atomic E-state index is 6.06. The molecule has 1 heterocycles. The molecule has 0 amide bonds. The molecule has 0 unspecified atom stereocenters. The van der Waals surface area contributed by atoms with E-state index in [-0.39, 0.29) is 0 Å². The lowest BCUT2D eigenvalue weighted by Gasteiger charge is -2.12. The zero-order valence-corrected chi connectivity index (χ0v) is 12.7. The van der Waals surface area contributed by atoms with Gasteiger partial charge >= 0.3 is 0 Å². The summed E-state index contributed by atoms with van der Waals surface area (Å²) >= 11 is 9.51. The van der Waals surface area contributed by atoms with E-state index in [4.69, 9.17) is 11.6 Å². The SMILES string of the molecule is Cc1nc(Cl)c(C)c(Nc2cc(Br)ccc2C)n1. The third kappa shape index (κ3) is 2.82. The first kappa shape index (κ1) is 13.3. The van der Waals surface area contributed by atoms with Crippen LogP contribution in [0, 0.1) is 20.8 Å². The van der Waals surface area contributed by atoms with E-state index in [9.17, 15) is 0 Å². The molecule has 0 saturated heterocycles. The third-order valence-electron chi connectivity index (χ3n) is 2.65. The summed E-state index contributed by atoms with van der Waals surface area (Å²) in [5.41, 5.74) is 2.99. The minimum Gasteiger partial charge on any atom is -0.340 e. The van der Waals surface area contributed by atoms with Gasteiger partial charge in [0, 0.05) is 15.7 Å². The fraction of sp³-hybridized carbons (Fsp3) is 0.231. The summed E-state index contributed by atoms with van der Waals surface area (Å²) in [5, 5.41) is 3.78. The van der Waals surface area contributed by atoms with E-state index in [1.807, 2.05) is 39.0 Å². The number of halogens is 2. The van der Waals surface area contributed by atoms with Crippen molar-refractivity contribution in [3.63, 3.8) is 0 Å². The van der Waals surface area contributed by atoms with Gasteiger partial charge in [0.25, 0.3) is 0 Å². The fourth-order valence-corrected chi connectivity index (χ4v) is 2.15. The Labute approximate surface area is 120 Å². The molecule has 0 aliphatic carbocycles. The predicted molar refractivity (Wildman–Crippen MR) is 78.7 cm³/mol. The zero-order chi connectivity index (χ0) is 13.3. The molecule has 1 aromatic heterocycles. The molecule has 0 atom stereocenters. The van der Waals surface area contributed by atoms with Crippen LogP contribution in [-0.2, 0) is 0 Å². The van der Waals surface area contributed by atoms with Crippen molar-refractivity contribution in [1.82, 2.24) is 9.97 Å². The Morgan fingerprint density at radius 2 is 1.89 bits per heavy atom. The summed E-state index contributed by atoms with van der Waals surface area (Å²) in [7, 11) is 0. The molecule has 2 rings (SSSR count). The highest BCUT2D eigenvalue weighted by atomic mass is 79.9. The Morgan fingerprint density at radius 1 is 1.17 bits per heavy atom. The largest absolute Gasteiger partial charge is 0.340 e. The van der Waals surface area contributed by atoms with Gasteiger partial charge in [0.05, 0.1) is 0 Å². The number of hydrogen-bond acceptors (Lipinski definition) is 3. The molecule has 0 bridgehead atoms. The van der Waals surface area contributed by atoms with Crippen molar-refractivity contribution in [2.45, 2.75) is 20.8 Å². The lowest BCUT2D eigenvalue weighted by Crippen LogP contribution is -2.02. The molecule has 2 aromatic rings. The lowest BCUT2D eigenvalue weighted by atomic mass is 10.2. The van der Waals surface area contributed by atoms with Crippen LogP contribution in [0.3, 0.4) is 0 Å². The first-order valence-electron chi connectivity index (χ1n) is 5.51. The van der Waals surface area contributed by atoms with Crippen LogP contribution in [0.1, 0.15) is 17.0 Å². The van der Waals surface area contributed by atoms with Crippen LogP contribution in [-0.4, -0.2) is 9.97 Å². The van der Waals surface area contributed by atoms with Gasteiger partial charge in [-0.15, -0.1) is 0 Å². The zero-order valence-electron chi connectivity index (χ0n) is 10.4. The first-order valence-corrected chi connectivity index (χ1v) is 6.68. The summed E-state index contributed by atoms with van der Waals surface area (Å²) in [6.45, 7) is 5.77. The number of rotatable bonds is 2. The first-order chi connectivity index (χ1) is 8.47. The van der Waals surface area contributed by atoms with Gasteiger partial charge in [-0.2, -0.15) is 0 Å². The second kappa shape index (κ2) is 5.24. The van der Waals surface area contributed by atoms with E-state index in [2.05, 4.69) is 31.2 Å². The lowest BCUT2D eigenvalue weighted by molar-refractivity contribution is 1.04. The van der Waals surface area contributed by atoms with E-state index in [0.29, 0.717) is 11.0 Å². The van der Waals surface area contributed by atoms with Crippen LogP contribution < -0.4 is 5.32 Å². The van der Waals surface area contributed by atoms with Crippen molar-refractivity contribution in [3.8, 4) is 0 Å². The van der Waals surface area contributed by atoms with Gasteiger partial charge in [-0.25, -0.2) is 9.97 Å². The maximum Gasteiger partial charge on any atom is 0.138 e. The molecule has 0 radical (unpaired) electrons. The highest BCUT2D eigenvalue weighted by molar-refractivity contribution is 9.10. The topological polar surface area (TPSA) is 37.8 Å². The van der Waals surface area contributed by atoms with Gasteiger partial charge in [0.1, 0.15) is 16.8 Å². The van der Waals surface area contributed by atoms with Gasteiger partial charge in [-0.1, -0.05) is 33.6 Å². The highest BCUT2D eigenvalue weighted by Crippen LogP contribution is 2.27. The van der Waals surface area contributed by atoms with E-state index >= 15 is 0 Å². The quantitative estimate of drug-likeness (QED) is 0.822. The minimum atomic E-state index is 0.484. The van der Waals surface area contributed by atoms with Crippen molar-refractivity contribution in [1.29, 1.82) is 0 Å². The number of hydrogen-bond donors (Lipinski definition) is 1. The Bertz CT molecular complexity index is 599. The van der Waals surface area contributed by atoms with Crippen LogP contribution >= 0.6 is 27.5 Å². The normalized spacial score (nSPS) is 10.5. The highest BCUT2D eigenvalue weighted by Gasteiger charge is 2.09. The number of aryl methyl sites for hydroxylation is 2. The van der Waals surface area contributed by atoms with Crippen LogP contribution in [0.5, 0.6) is 0 Å². The average Bonchev–Trinajstić information content (AvgIpc) is 2.30. The Kier molecular flexibility index (Phi) is 3.88. The third-order valence-corrected chi connectivity index (χ3v) is 3.51. The Hall–Kier alpha value is -1.13. The molecule has 0 spiro atoms. The number of nitrogens with one attached hydrogen (secondary N) is 1. The molecule has 5 heteroatoms. The molecule has 0 aliphatic rings. The van der Waals surface area contributed by atoms with Crippen LogP contribution in [0.25, 0.3) is 0 Å². The smallest absolute Gasteiger partial charge is 0.138 e. The second-order valence-electron chi connectivity index (χ2n) is 4.12. The molecule has 0 saturated carbocycles. The average molecular weight is 327 g/mol. The van der Waals surface area contributed by atoms with Gasteiger partial charge in [-0.05, 0) is 38.5 Å². The molecular weight excluding hydrogens is 314 g/mol. The van der Waals surface area contributed by atoms with Crippen molar-refractivity contribution < 1.29 is 0 Å². The maximum absolute atomic E-state index is 6.06. The van der Waals surface area contributed by atoms with E-state index in [1.165, 1.54) is 0 Å². The fourth-order valence-electron chi connectivity index (χ4n) is 1.57. The summed E-state index contributed by atoms with van der Waals surface area (Å²) in [5.74, 6) is 1.40. The Morgan fingerprint density at radius 3 is 2.61 bits per heavy atom. The van der Waals surface area contributed by atoms with Gasteiger partial charge in [-0.3, -0.25) is 0 Å². The van der Waals surface area contributed by atoms with Gasteiger partial charge < -0.3 is 5.32 Å². The molecule has 1 N–H and O–H groups in total. The molecule has 18 heavy (non-hydrogen) atoms. The Balaban J connectivity index is 2.43. The monoisotopic (exact) mass is 325 g/mol. The van der Waals surface area contributed by atoms with Gasteiger partial charge in [0.15, 0.2) is 0 Å². The number of aromatic nitrogens is 2. The summed E-state index contributed by atoms with van der Waals surface area (Å²) in [6.07, 6.45) is 0. The predicted octanol–water partition coefficient (Wildman–Crippen LogP) is 4.56. The van der Waals surface area contributed by atoms with Crippen molar-refractivity contribution in [2.75, 3.05) is 5.32 Å². The standard InChI is InChI=1S/C13H13BrClN3/c1-7-4-5-10(14)6-11(7)18-13-8(2)12(15)16-9(3)17-13/h4-6H,1-3H3,(H,16,17,18). The number of anilines is 2. The summed E-state index contributed by atoms with van der Waals surface area (Å²) in [6, 6.07) is 6.06. The van der Waals surface area contributed by atoms with E-state index in [0.717, 1.165) is 27.1 Å². The summed E-state index contributed by atoms with van der Waals surface area (Å²) < 4.78 is 1.02. The molecule has 1 aromatic carbocycles. The van der Waals surface area contributed by atoms with E-state index in [1.54, 1.807) is 0 Å². The van der Waals surface area contributed by atoms with Crippen molar-refractivity contribution >= 4 is 39.0 Å². The van der Waals surface area contributed by atoms with Crippen LogP contribution in [0.4, 0.5) is 11.5 Å². The molecule has 3 nitrogen and oxygen atoms in total. The number of benzene rings is 1. The van der Waals surface area contributed by atoms with Crippen molar-refractivity contribution in [3.05, 3.63) is 44.8 Å². The van der Waals surface area contributed by atoms with Crippen LogP contribution in [0.15, 0.2) is 22.7 Å². The van der Waals surface area contributed by atoms with Crippen molar-refractivity contribution in [2.24, 2.45) is 0 Å². The number of nitrogens with zero attached hydrogens (tertiary/aromatic N) is 2. The molecule has 94 valence electrons. The van der Waals surface area contributed by atoms with Crippen LogP contribution in [0.2, 0.25) is 5.15 Å².